The van der Waals surface area contributed by atoms with Gasteiger partial charge in [-0.1, -0.05) is 11.6 Å². The first-order chi connectivity index (χ1) is 7.74. The van der Waals surface area contributed by atoms with Crippen LogP contribution in [0.1, 0.15) is 0 Å². The van der Waals surface area contributed by atoms with Gasteiger partial charge < -0.3 is 4.42 Å². The lowest BCUT2D eigenvalue weighted by Gasteiger charge is -1.88. The van der Waals surface area contributed by atoms with Crippen molar-refractivity contribution in [1.29, 1.82) is 0 Å². The lowest BCUT2D eigenvalue weighted by Crippen LogP contribution is -1.76. The van der Waals surface area contributed by atoms with Gasteiger partial charge in [0.05, 0.1) is 15.1 Å². The van der Waals surface area contributed by atoms with Crippen molar-refractivity contribution >= 4 is 44.8 Å². The SMILES string of the molecule is Clc1ccc(-c2cc3ncnc(Cl)c3s2)o1. The van der Waals surface area contributed by atoms with Gasteiger partial charge in [-0.05, 0) is 29.8 Å². The third kappa shape index (κ3) is 1.59. The number of nitrogens with zero attached hydrogens (tertiary/aromatic N) is 2. The minimum atomic E-state index is 0.365. The summed E-state index contributed by atoms with van der Waals surface area (Å²) >= 11 is 13.2. The molecule has 0 fully saturated rings. The first kappa shape index (κ1) is 10.1. The zero-order valence-electron chi connectivity index (χ0n) is 7.78. The molecule has 0 aliphatic rings. The fraction of sp³-hybridized carbons (Fsp3) is 0. The highest BCUT2D eigenvalue weighted by Gasteiger charge is 2.11. The summed E-state index contributed by atoms with van der Waals surface area (Å²) in [6.45, 7) is 0. The molecule has 0 atom stereocenters. The summed E-state index contributed by atoms with van der Waals surface area (Å²) in [5.41, 5.74) is 0.813. The topological polar surface area (TPSA) is 38.9 Å². The standard InChI is InChI=1S/C10H4Cl2N2OS/c11-8-2-1-6(15-8)7-3-5-9(16-7)10(12)14-4-13-5/h1-4H. The summed E-state index contributed by atoms with van der Waals surface area (Å²) in [5, 5.41) is 0.823. The highest BCUT2D eigenvalue weighted by molar-refractivity contribution is 7.22. The van der Waals surface area contributed by atoms with Gasteiger partial charge in [-0.15, -0.1) is 11.3 Å². The Kier molecular flexibility index (Phi) is 2.35. The quantitative estimate of drug-likeness (QED) is 0.621. The average molecular weight is 271 g/mol. The smallest absolute Gasteiger partial charge is 0.193 e. The second-order valence-electron chi connectivity index (χ2n) is 3.09. The molecule has 0 radical (unpaired) electrons. The minimum absolute atomic E-state index is 0.365. The summed E-state index contributed by atoms with van der Waals surface area (Å²) < 4.78 is 6.18. The van der Waals surface area contributed by atoms with Gasteiger partial charge in [0.2, 0.25) is 0 Å². The predicted molar refractivity (Wildman–Crippen MR) is 65.1 cm³/mol. The Morgan fingerprint density at radius 2 is 2.06 bits per heavy atom. The van der Waals surface area contributed by atoms with E-state index in [1.807, 2.05) is 12.1 Å². The van der Waals surface area contributed by atoms with Crippen LogP contribution in [0.15, 0.2) is 28.9 Å². The Bertz CT molecular complexity index is 662. The lowest BCUT2D eigenvalue weighted by atomic mass is 10.3. The Labute approximate surface area is 105 Å². The Morgan fingerprint density at radius 3 is 2.75 bits per heavy atom. The number of thiophene rings is 1. The largest absolute Gasteiger partial charge is 0.444 e. The van der Waals surface area contributed by atoms with Crippen molar-refractivity contribution in [1.82, 2.24) is 9.97 Å². The summed E-state index contributed by atoms with van der Waals surface area (Å²) in [6, 6.07) is 5.42. The van der Waals surface area contributed by atoms with E-state index in [-0.39, 0.29) is 0 Å². The monoisotopic (exact) mass is 270 g/mol. The van der Waals surface area contributed by atoms with Crippen molar-refractivity contribution < 1.29 is 4.42 Å². The Balaban J connectivity index is 2.22. The number of aromatic nitrogens is 2. The molecule has 0 bridgehead atoms. The van der Waals surface area contributed by atoms with Crippen LogP contribution in [0.2, 0.25) is 10.4 Å². The minimum Gasteiger partial charge on any atom is -0.444 e. The molecule has 0 aromatic carbocycles. The normalized spacial score (nSPS) is 11.1. The van der Waals surface area contributed by atoms with Crippen LogP contribution in [-0.2, 0) is 0 Å². The number of halogens is 2. The maximum atomic E-state index is 5.97. The Hall–Kier alpha value is -1.10. The molecule has 0 N–H and O–H groups in total. The number of hydrogen-bond donors (Lipinski definition) is 0. The van der Waals surface area contributed by atoms with Crippen molar-refractivity contribution in [3.05, 3.63) is 34.9 Å². The number of hydrogen-bond acceptors (Lipinski definition) is 4. The van der Waals surface area contributed by atoms with E-state index in [0.29, 0.717) is 16.1 Å². The molecule has 0 aliphatic carbocycles. The van der Waals surface area contributed by atoms with E-state index >= 15 is 0 Å². The number of fused-ring (bicyclic) bond motifs is 1. The van der Waals surface area contributed by atoms with Gasteiger partial charge in [0.1, 0.15) is 17.2 Å². The van der Waals surface area contributed by atoms with Crippen LogP contribution in [0.5, 0.6) is 0 Å². The summed E-state index contributed by atoms with van der Waals surface area (Å²) in [7, 11) is 0. The first-order valence-electron chi connectivity index (χ1n) is 4.40. The van der Waals surface area contributed by atoms with E-state index in [9.17, 15) is 0 Å². The fourth-order valence-corrected chi connectivity index (χ4v) is 2.75. The fourth-order valence-electron chi connectivity index (χ4n) is 1.39. The molecule has 3 nitrogen and oxygen atoms in total. The van der Waals surface area contributed by atoms with Crippen LogP contribution >= 0.6 is 34.5 Å². The molecule has 0 spiro atoms. The second-order valence-corrected chi connectivity index (χ2v) is 4.88. The van der Waals surface area contributed by atoms with Crippen LogP contribution in [0.3, 0.4) is 0 Å². The van der Waals surface area contributed by atoms with Gasteiger partial charge >= 0.3 is 0 Å². The third-order valence-electron chi connectivity index (χ3n) is 2.08. The average Bonchev–Trinajstić information content (AvgIpc) is 2.84. The molecular weight excluding hydrogens is 267 g/mol. The van der Waals surface area contributed by atoms with Gasteiger partial charge in [0.25, 0.3) is 0 Å². The van der Waals surface area contributed by atoms with E-state index in [1.165, 1.54) is 17.7 Å². The van der Waals surface area contributed by atoms with Crippen LogP contribution in [0, 0.1) is 0 Å². The van der Waals surface area contributed by atoms with Crippen molar-refractivity contribution in [2.75, 3.05) is 0 Å². The zero-order chi connectivity index (χ0) is 11.1. The van der Waals surface area contributed by atoms with Gasteiger partial charge in [0.15, 0.2) is 5.22 Å². The Morgan fingerprint density at radius 1 is 1.19 bits per heavy atom. The highest BCUT2D eigenvalue weighted by Crippen LogP contribution is 2.36. The molecule has 0 unspecified atom stereocenters. The van der Waals surface area contributed by atoms with Crippen LogP contribution in [-0.4, -0.2) is 9.97 Å². The van der Waals surface area contributed by atoms with E-state index < -0.39 is 0 Å². The molecule has 3 heterocycles. The van der Waals surface area contributed by atoms with E-state index in [2.05, 4.69) is 9.97 Å². The summed E-state index contributed by atoms with van der Waals surface area (Å²) in [5.74, 6) is 0.712. The molecule has 80 valence electrons. The van der Waals surface area contributed by atoms with Gasteiger partial charge in [-0.2, -0.15) is 0 Å². The van der Waals surface area contributed by atoms with Gasteiger partial charge in [0, 0.05) is 0 Å². The highest BCUT2D eigenvalue weighted by atomic mass is 35.5. The van der Waals surface area contributed by atoms with Gasteiger partial charge in [-0.25, -0.2) is 9.97 Å². The molecule has 3 rings (SSSR count). The van der Waals surface area contributed by atoms with E-state index in [4.69, 9.17) is 27.6 Å². The maximum absolute atomic E-state index is 5.97. The number of rotatable bonds is 1. The van der Waals surface area contributed by atoms with Crippen LogP contribution in [0.4, 0.5) is 0 Å². The third-order valence-corrected chi connectivity index (χ3v) is 3.83. The molecule has 16 heavy (non-hydrogen) atoms. The number of furan rings is 1. The van der Waals surface area contributed by atoms with Crippen molar-refractivity contribution in [2.45, 2.75) is 0 Å². The van der Waals surface area contributed by atoms with Crippen molar-refractivity contribution in [3.8, 4) is 10.6 Å². The molecule has 0 saturated heterocycles. The molecule has 0 saturated carbocycles. The molecule has 0 aliphatic heterocycles. The molecule has 0 amide bonds. The first-order valence-corrected chi connectivity index (χ1v) is 5.97. The maximum Gasteiger partial charge on any atom is 0.193 e. The van der Waals surface area contributed by atoms with Crippen molar-refractivity contribution in [3.63, 3.8) is 0 Å². The zero-order valence-corrected chi connectivity index (χ0v) is 10.1. The van der Waals surface area contributed by atoms with E-state index in [1.54, 1.807) is 6.07 Å². The van der Waals surface area contributed by atoms with Crippen molar-refractivity contribution in [2.24, 2.45) is 0 Å². The van der Waals surface area contributed by atoms with E-state index in [0.717, 1.165) is 15.1 Å². The van der Waals surface area contributed by atoms with Crippen LogP contribution < -0.4 is 0 Å². The molecule has 3 aromatic rings. The van der Waals surface area contributed by atoms with Gasteiger partial charge in [-0.3, -0.25) is 0 Å². The lowest BCUT2D eigenvalue weighted by molar-refractivity contribution is 0.586. The summed E-state index contributed by atoms with van der Waals surface area (Å²) in [4.78, 5) is 9.00. The molecule has 6 heteroatoms. The molecular formula is C10H4Cl2N2OS. The second kappa shape index (κ2) is 3.73. The predicted octanol–water partition coefficient (Wildman–Crippen LogP) is 4.26. The van der Waals surface area contributed by atoms with Crippen LogP contribution in [0.25, 0.3) is 20.9 Å². The molecule has 3 aromatic heterocycles. The summed E-state index contributed by atoms with van der Waals surface area (Å²) in [6.07, 6.45) is 1.44.